The van der Waals surface area contributed by atoms with E-state index >= 15 is 0 Å². The molecule has 2 heterocycles. The van der Waals surface area contributed by atoms with E-state index in [1.807, 2.05) is 53.4 Å². The van der Waals surface area contributed by atoms with Crippen LogP contribution in [0.3, 0.4) is 0 Å². The number of para-hydroxylation sites is 2. The Bertz CT molecular complexity index is 1150. The number of carbonyl (C=O) groups excluding carboxylic acids is 1. The van der Waals surface area contributed by atoms with E-state index in [0.717, 1.165) is 27.9 Å². The van der Waals surface area contributed by atoms with E-state index in [-0.39, 0.29) is 6.03 Å². The minimum atomic E-state index is -0.594. The second-order valence-electron chi connectivity index (χ2n) is 7.25. The number of aromatic nitrogens is 1. The highest BCUT2D eigenvalue weighted by molar-refractivity contribution is 6.13. The van der Waals surface area contributed by atoms with Gasteiger partial charge >= 0.3 is 6.03 Å². The number of anilines is 1. The quantitative estimate of drug-likeness (QED) is 0.463. The van der Waals surface area contributed by atoms with Crippen LogP contribution in [0.5, 0.6) is 0 Å². The molecular weight excluding hydrogens is 372 g/mol. The van der Waals surface area contributed by atoms with Crippen LogP contribution in [-0.4, -0.2) is 41.7 Å². The molecule has 0 bridgehead atoms. The van der Waals surface area contributed by atoms with Crippen LogP contribution in [0.25, 0.3) is 21.8 Å². The van der Waals surface area contributed by atoms with Gasteiger partial charge in [-0.3, -0.25) is 4.57 Å². The van der Waals surface area contributed by atoms with Crippen molar-refractivity contribution in [1.82, 2.24) is 9.47 Å². The van der Waals surface area contributed by atoms with Gasteiger partial charge < -0.3 is 9.80 Å². The van der Waals surface area contributed by atoms with E-state index in [1.165, 1.54) is 12.1 Å². The van der Waals surface area contributed by atoms with Crippen molar-refractivity contribution in [2.75, 3.05) is 31.1 Å². The van der Waals surface area contributed by atoms with Gasteiger partial charge in [-0.25, -0.2) is 13.6 Å². The van der Waals surface area contributed by atoms with Gasteiger partial charge in [0.25, 0.3) is 0 Å². The molecule has 6 heteroatoms. The van der Waals surface area contributed by atoms with Gasteiger partial charge in [0, 0.05) is 48.7 Å². The Labute approximate surface area is 166 Å². The van der Waals surface area contributed by atoms with Crippen molar-refractivity contribution in [1.29, 1.82) is 0 Å². The molecule has 3 aromatic carbocycles. The Morgan fingerprint density at radius 1 is 0.724 bits per heavy atom. The molecule has 1 fully saturated rings. The zero-order valence-corrected chi connectivity index (χ0v) is 15.7. The van der Waals surface area contributed by atoms with Crippen LogP contribution >= 0.6 is 0 Å². The molecule has 0 N–H and O–H groups in total. The second kappa shape index (κ2) is 6.88. The SMILES string of the molecule is O=C(N1CCN(c2cc(F)cc(F)c2)CC1)n1c2ccccc2c2ccccc21. The first-order valence-electron chi connectivity index (χ1n) is 9.60. The molecule has 1 aromatic heterocycles. The number of hydrogen-bond acceptors (Lipinski definition) is 2. The van der Waals surface area contributed by atoms with Gasteiger partial charge in [-0.05, 0) is 24.3 Å². The third-order valence-electron chi connectivity index (χ3n) is 5.53. The summed E-state index contributed by atoms with van der Waals surface area (Å²) in [7, 11) is 0. The Balaban J connectivity index is 1.44. The second-order valence-corrected chi connectivity index (χ2v) is 7.25. The molecule has 0 radical (unpaired) electrons. The minimum Gasteiger partial charge on any atom is -0.368 e. The third kappa shape index (κ3) is 3.01. The molecule has 0 saturated carbocycles. The Morgan fingerprint density at radius 2 is 1.24 bits per heavy atom. The summed E-state index contributed by atoms with van der Waals surface area (Å²) in [6.45, 7) is 2.01. The number of piperazine rings is 1. The zero-order chi connectivity index (χ0) is 20.0. The molecule has 29 heavy (non-hydrogen) atoms. The number of nitrogens with zero attached hydrogens (tertiary/aromatic N) is 3. The van der Waals surface area contributed by atoms with Gasteiger partial charge in [-0.15, -0.1) is 0 Å². The molecule has 0 spiro atoms. The van der Waals surface area contributed by atoms with Crippen molar-refractivity contribution in [2.45, 2.75) is 0 Å². The van der Waals surface area contributed by atoms with E-state index in [9.17, 15) is 13.6 Å². The van der Waals surface area contributed by atoms with Crippen molar-refractivity contribution >= 4 is 33.5 Å². The molecule has 4 aromatic rings. The number of hydrogen-bond donors (Lipinski definition) is 0. The predicted octanol–water partition coefficient (Wildman–Crippen LogP) is 4.86. The van der Waals surface area contributed by atoms with Crippen LogP contribution < -0.4 is 4.90 Å². The van der Waals surface area contributed by atoms with Gasteiger partial charge in [0.15, 0.2) is 0 Å². The lowest BCUT2D eigenvalue weighted by Gasteiger charge is -2.36. The van der Waals surface area contributed by atoms with Crippen molar-refractivity contribution in [3.8, 4) is 0 Å². The molecule has 5 rings (SSSR count). The highest BCUT2D eigenvalue weighted by atomic mass is 19.1. The van der Waals surface area contributed by atoms with E-state index in [1.54, 1.807) is 9.47 Å². The van der Waals surface area contributed by atoms with E-state index in [4.69, 9.17) is 0 Å². The fourth-order valence-corrected chi connectivity index (χ4v) is 4.15. The number of carbonyl (C=O) groups is 1. The smallest absolute Gasteiger partial charge is 0.329 e. The van der Waals surface area contributed by atoms with E-state index in [0.29, 0.717) is 31.9 Å². The Morgan fingerprint density at radius 3 is 1.79 bits per heavy atom. The van der Waals surface area contributed by atoms with Crippen LogP contribution in [0, 0.1) is 11.6 Å². The van der Waals surface area contributed by atoms with Crippen molar-refractivity contribution in [3.05, 3.63) is 78.4 Å². The Hall–Kier alpha value is -3.41. The maximum atomic E-state index is 13.5. The maximum absolute atomic E-state index is 13.5. The highest BCUT2D eigenvalue weighted by Gasteiger charge is 2.25. The molecule has 0 aliphatic carbocycles. The first kappa shape index (κ1) is 17.7. The average Bonchev–Trinajstić information content (AvgIpc) is 3.07. The van der Waals surface area contributed by atoms with Crippen molar-refractivity contribution in [3.63, 3.8) is 0 Å². The maximum Gasteiger partial charge on any atom is 0.329 e. The molecule has 1 saturated heterocycles. The monoisotopic (exact) mass is 391 g/mol. The topological polar surface area (TPSA) is 28.5 Å². The molecule has 1 aliphatic rings. The van der Waals surface area contributed by atoms with Gasteiger partial charge in [0.05, 0.1) is 11.0 Å². The highest BCUT2D eigenvalue weighted by Crippen LogP contribution is 2.29. The lowest BCUT2D eigenvalue weighted by molar-refractivity contribution is 0.198. The van der Waals surface area contributed by atoms with Gasteiger partial charge in [0.2, 0.25) is 0 Å². The van der Waals surface area contributed by atoms with Crippen molar-refractivity contribution < 1.29 is 13.6 Å². The number of benzene rings is 3. The van der Waals surface area contributed by atoms with Crippen LogP contribution in [-0.2, 0) is 0 Å². The molecule has 0 unspecified atom stereocenters. The summed E-state index contributed by atoms with van der Waals surface area (Å²) in [5, 5.41) is 2.09. The van der Waals surface area contributed by atoms with Crippen molar-refractivity contribution in [2.24, 2.45) is 0 Å². The summed E-state index contributed by atoms with van der Waals surface area (Å²) in [4.78, 5) is 17.1. The molecular formula is C23H19F2N3O. The van der Waals surface area contributed by atoms with Crippen LogP contribution in [0.2, 0.25) is 0 Å². The summed E-state index contributed by atoms with van der Waals surface area (Å²) >= 11 is 0. The van der Waals surface area contributed by atoms with Gasteiger partial charge in [-0.1, -0.05) is 36.4 Å². The van der Waals surface area contributed by atoms with Crippen LogP contribution in [0.15, 0.2) is 66.7 Å². The van der Waals surface area contributed by atoms with Gasteiger partial charge in [-0.2, -0.15) is 0 Å². The first-order valence-corrected chi connectivity index (χ1v) is 9.60. The minimum absolute atomic E-state index is 0.0764. The van der Waals surface area contributed by atoms with E-state index < -0.39 is 11.6 Å². The summed E-state index contributed by atoms with van der Waals surface area (Å²) in [6.07, 6.45) is 0. The number of halogens is 2. The lowest BCUT2D eigenvalue weighted by Crippen LogP contribution is -2.50. The Kier molecular flexibility index (Phi) is 4.19. The first-order chi connectivity index (χ1) is 14.1. The average molecular weight is 391 g/mol. The summed E-state index contributed by atoms with van der Waals surface area (Å²) in [5.74, 6) is -1.19. The molecule has 4 nitrogen and oxygen atoms in total. The fourth-order valence-electron chi connectivity index (χ4n) is 4.15. The normalized spacial score (nSPS) is 14.7. The standard InChI is InChI=1S/C23H19F2N3O/c24-16-13-17(25)15-18(14-16)26-9-11-27(12-10-26)23(29)28-21-7-3-1-5-19(21)20-6-2-4-8-22(20)28/h1-8,13-15H,9-12H2. The predicted molar refractivity (Wildman–Crippen MR) is 110 cm³/mol. The molecule has 146 valence electrons. The molecule has 1 aliphatic heterocycles. The molecule has 1 amide bonds. The third-order valence-corrected chi connectivity index (χ3v) is 5.53. The zero-order valence-electron chi connectivity index (χ0n) is 15.7. The number of rotatable bonds is 1. The lowest BCUT2D eigenvalue weighted by atomic mass is 10.2. The summed E-state index contributed by atoms with van der Waals surface area (Å²) < 4.78 is 28.8. The largest absolute Gasteiger partial charge is 0.368 e. The van der Waals surface area contributed by atoms with Crippen LogP contribution in [0.4, 0.5) is 19.3 Å². The fraction of sp³-hybridized carbons (Fsp3) is 0.174. The summed E-state index contributed by atoms with van der Waals surface area (Å²) in [5.41, 5.74) is 2.27. The van der Waals surface area contributed by atoms with Gasteiger partial charge in [0.1, 0.15) is 11.6 Å². The van der Waals surface area contributed by atoms with E-state index in [2.05, 4.69) is 0 Å². The number of amides is 1. The molecule has 0 atom stereocenters. The summed E-state index contributed by atoms with van der Waals surface area (Å²) in [6, 6.07) is 19.2. The van der Waals surface area contributed by atoms with Crippen LogP contribution in [0.1, 0.15) is 0 Å². The number of fused-ring (bicyclic) bond motifs is 3.